The van der Waals surface area contributed by atoms with Crippen molar-refractivity contribution in [1.29, 1.82) is 0 Å². The highest BCUT2D eigenvalue weighted by molar-refractivity contribution is 5.89. The van der Waals surface area contributed by atoms with Gasteiger partial charge in [0, 0.05) is 44.2 Å². The fourth-order valence-electron chi connectivity index (χ4n) is 3.28. The Labute approximate surface area is 148 Å². The van der Waals surface area contributed by atoms with E-state index in [0.29, 0.717) is 6.61 Å². The van der Waals surface area contributed by atoms with Crippen LogP contribution in [0.25, 0.3) is 0 Å². The van der Waals surface area contributed by atoms with E-state index in [-0.39, 0.29) is 18.2 Å². The third-order valence-electron chi connectivity index (χ3n) is 4.75. The molecule has 2 amide bonds. The first-order valence-corrected chi connectivity index (χ1v) is 8.82. The average molecular weight is 342 g/mol. The number of urea groups is 1. The van der Waals surface area contributed by atoms with Gasteiger partial charge in [0.05, 0.1) is 0 Å². The smallest absolute Gasteiger partial charge is 0.319 e. The van der Waals surface area contributed by atoms with Gasteiger partial charge in [-0.15, -0.1) is 0 Å². The molecule has 0 unspecified atom stereocenters. The topological polar surface area (TPSA) is 68.2 Å². The summed E-state index contributed by atoms with van der Waals surface area (Å²) < 4.78 is 7.79. The molecular formula is C19H26N4O2. The molecule has 1 aromatic carbocycles. The molecule has 0 radical (unpaired) electrons. The standard InChI is InChI=1S/C19H26N4O2/c1-4-14-11-15(6-5-13(14)2)21-19(24)22-16-7-10-25-17(12-16)18-20-8-9-23(18)3/h5-6,8-9,11,16-17H,4,7,10,12H2,1-3H3,(H2,21,22,24)/t16-,17+/m0/s1. The van der Waals surface area contributed by atoms with Crippen LogP contribution in [0.5, 0.6) is 0 Å². The van der Waals surface area contributed by atoms with Crippen molar-refractivity contribution in [2.75, 3.05) is 11.9 Å². The number of benzene rings is 1. The number of carbonyl (C=O) groups excluding carboxylic acids is 1. The van der Waals surface area contributed by atoms with E-state index in [0.717, 1.165) is 30.8 Å². The number of carbonyl (C=O) groups is 1. The Balaban J connectivity index is 1.58. The van der Waals surface area contributed by atoms with Gasteiger partial charge in [0.1, 0.15) is 11.9 Å². The molecule has 2 atom stereocenters. The Kier molecular flexibility index (Phi) is 5.38. The van der Waals surface area contributed by atoms with E-state index < -0.39 is 0 Å². The zero-order valence-corrected chi connectivity index (χ0v) is 15.1. The van der Waals surface area contributed by atoms with Gasteiger partial charge in [0.2, 0.25) is 0 Å². The van der Waals surface area contributed by atoms with Gasteiger partial charge < -0.3 is 19.9 Å². The van der Waals surface area contributed by atoms with Gasteiger partial charge in [-0.05, 0) is 43.0 Å². The highest BCUT2D eigenvalue weighted by Gasteiger charge is 2.27. The van der Waals surface area contributed by atoms with Crippen molar-refractivity contribution in [3.05, 3.63) is 47.5 Å². The summed E-state index contributed by atoms with van der Waals surface area (Å²) in [5.74, 6) is 0.901. The molecule has 2 heterocycles. The van der Waals surface area contributed by atoms with Crippen LogP contribution in [0.4, 0.5) is 10.5 Å². The molecule has 2 aromatic rings. The van der Waals surface area contributed by atoms with Crippen LogP contribution >= 0.6 is 0 Å². The van der Waals surface area contributed by atoms with Gasteiger partial charge >= 0.3 is 6.03 Å². The van der Waals surface area contributed by atoms with Gasteiger partial charge in [-0.1, -0.05) is 13.0 Å². The second-order valence-electron chi connectivity index (χ2n) is 6.57. The zero-order chi connectivity index (χ0) is 17.8. The number of imidazole rings is 1. The Morgan fingerprint density at radius 1 is 1.44 bits per heavy atom. The Hall–Kier alpha value is -2.34. The van der Waals surface area contributed by atoms with Crippen LogP contribution in [0.2, 0.25) is 0 Å². The maximum atomic E-state index is 12.3. The van der Waals surface area contributed by atoms with Crippen molar-refractivity contribution < 1.29 is 9.53 Å². The summed E-state index contributed by atoms with van der Waals surface area (Å²) in [5, 5.41) is 6.00. The van der Waals surface area contributed by atoms with E-state index >= 15 is 0 Å². The van der Waals surface area contributed by atoms with Gasteiger partial charge in [0.25, 0.3) is 0 Å². The van der Waals surface area contributed by atoms with Crippen LogP contribution in [0, 0.1) is 6.92 Å². The van der Waals surface area contributed by atoms with Crippen LogP contribution in [0.3, 0.4) is 0 Å². The summed E-state index contributed by atoms with van der Waals surface area (Å²) in [4.78, 5) is 16.7. The lowest BCUT2D eigenvalue weighted by molar-refractivity contribution is -0.00410. The third kappa shape index (κ3) is 4.20. The summed E-state index contributed by atoms with van der Waals surface area (Å²) in [6, 6.07) is 5.92. The fraction of sp³-hybridized carbons (Fsp3) is 0.474. The van der Waals surface area contributed by atoms with E-state index in [1.165, 1.54) is 11.1 Å². The van der Waals surface area contributed by atoms with Crippen LogP contribution < -0.4 is 10.6 Å². The SMILES string of the molecule is CCc1cc(NC(=O)N[C@H]2CCO[C@@H](c3nccn3C)C2)ccc1C. The van der Waals surface area contributed by atoms with Crippen LogP contribution in [0.1, 0.15) is 42.8 Å². The molecule has 0 aliphatic carbocycles. The van der Waals surface area contributed by atoms with E-state index in [4.69, 9.17) is 4.74 Å². The summed E-state index contributed by atoms with van der Waals surface area (Å²) in [6.07, 6.45) is 6.09. The van der Waals surface area contributed by atoms with Crippen LogP contribution in [-0.4, -0.2) is 28.2 Å². The minimum absolute atomic E-state index is 0.0755. The number of hydrogen-bond acceptors (Lipinski definition) is 3. The minimum atomic E-state index is -0.170. The quantitative estimate of drug-likeness (QED) is 0.895. The molecule has 2 N–H and O–H groups in total. The lowest BCUT2D eigenvalue weighted by Crippen LogP contribution is -2.42. The molecule has 1 saturated heterocycles. The lowest BCUT2D eigenvalue weighted by Gasteiger charge is -2.29. The maximum absolute atomic E-state index is 12.3. The number of aryl methyl sites for hydroxylation is 3. The molecular weight excluding hydrogens is 316 g/mol. The van der Waals surface area contributed by atoms with E-state index in [9.17, 15) is 4.79 Å². The Bertz CT molecular complexity index is 741. The number of rotatable bonds is 4. The van der Waals surface area contributed by atoms with Crippen LogP contribution in [0.15, 0.2) is 30.6 Å². The maximum Gasteiger partial charge on any atom is 0.319 e. The van der Waals surface area contributed by atoms with Crippen molar-refractivity contribution in [2.24, 2.45) is 7.05 Å². The summed E-state index contributed by atoms with van der Waals surface area (Å²) >= 11 is 0. The molecule has 0 bridgehead atoms. The number of ether oxygens (including phenoxy) is 1. The highest BCUT2D eigenvalue weighted by atomic mass is 16.5. The van der Waals surface area contributed by atoms with Crippen LogP contribution in [-0.2, 0) is 18.2 Å². The second kappa shape index (κ2) is 7.70. The minimum Gasteiger partial charge on any atom is -0.370 e. The zero-order valence-electron chi connectivity index (χ0n) is 15.1. The second-order valence-corrected chi connectivity index (χ2v) is 6.57. The molecule has 0 saturated carbocycles. The highest BCUT2D eigenvalue weighted by Crippen LogP contribution is 2.26. The number of nitrogens with zero attached hydrogens (tertiary/aromatic N) is 2. The molecule has 1 aliphatic rings. The normalized spacial score (nSPS) is 20.3. The van der Waals surface area contributed by atoms with Gasteiger partial charge in [-0.2, -0.15) is 0 Å². The number of nitrogens with one attached hydrogen (secondary N) is 2. The number of aromatic nitrogens is 2. The van der Waals surface area contributed by atoms with Gasteiger partial charge in [-0.3, -0.25) is 0 Å². The predicted molar refractivity (Wildman–Crippen MR) is 97.6 cm³/mol. The van der Waals surface area contributed by atoms with Crippen molar-refractivity contribution in [3.63, 3.8) is 0 Å². The average Bonchev–Trinajstić information content (AvgIpc) is 3.03. The molecule has 3 rings (SSSR count). The first-order valence-electron chi connectivity index (χ1n) is 8.82. The molecule has 1 fully saturated rings. The van der Waals surface area contributed by atoms with Crippen molar-refractivity contribution in [3.8, 4) is 0 Å². The first-order chi connectivity index (χ1) is 12.1. The third-order valence-corrected chi connectivity index (χ3v) is 4.75. The van der Waals surface area contributed by atoms with Crippen molar-refractivity contribution in [2.45, 2.75) is 45.3 Å². The summed E-state index contributed by atoms with van der Waals surface area (Å²) in [7, 11) is 1.96. The Morgan fingerprint density at radius 3 is 3.00 bits per heavy atom. The Morgan fingerprint density at radius 2 is 2.28 bits per heavy atom. The number of hydrogen-bond donors (Lipinski definition) is 2. The van der Waals surface area contributed by atoms with Gasteiger partial charge in [-0.25, -0.2) is 9.78 Å². The van der Waals surface area contributed by atoms with E-state index in [1.807, 2.05) is 36.0 Å². The lowest BCUT2D eigenvalue weighted by atomic mass is 10.0. The van der Waals surface area contributed by atoms with E-state index in [1.54, 1.807) is 6.20 Å². The molecule has 6 nitrogen and oxygen atoms in total. The number of anilines is 1. The van der Waals surface area contributed by atoms with Crippen molar-refractivity contribution >= 4 is 11.7 Å². The number of amides is 2. The molecule has 1 aromatic heterocycles. The predicted octanol–water partition coefficient (Wildman–Crippen LogP) is 3.33. The molecule has 25 heavy (non-hydrogen) atoms. The first kappa shape index (κ1) is 17.5. The molecule has 0 spiro atoms. The fourth-order valence-corrected chi connectivity index (χ4v) is 3.28. The summed E-state index contributed by atoms with van der Waals surface area (Å²) in [5.41, 5.74) is 3.32. The van der Waals surface area contributed by atoms with E-state index in [2.05, 4.69) is 29.5 Å². The summed E-state index contributed by atoms with van der Waals surface area (Å²) in [6.45, 7) is 4.82. The molecule has 134 valence electrons. The monoisotopic (exact) mass is 342 g/mol. The largest absolute Gasteiger partial charge is 0.370 e. The molecule has 1 aliphatic heterocycles. The van der Waals surface area contributed by atoms with Crippen molar-refractivity contribution in [1.82, 2.24) is 14.9 Å². The van der Waals surface area contributed by atoms with Gasteiger partial charge in [0.15, 0.2) is 0 Å². The molecule has 6 heteroatoms.